The van der Waals surface area contributed by atoms with Crippen molar-refractivity contribution in [3.05, 3.63) is 131 Å². The van der Waals surface area contributed by atoms with Crippen LogP contribution < -0.4 is 9.47 Å². The summed E-state index contributed by atoms with van der Waals surface area (Å²) in [5.41, 5.74) is 2.98. The van der Waals surface area contributed by atoms with Crippen LogP contribution in [0.3, 0.4) is 0 Å². The first-order valence-electron chi connectivity index (χ1n) is 19.2. The van der Waals surface area contributed by atoms with Crippen LogP contribution in [0.15, 0.2) is 109 Å². The van der Waals surface area contributed by atoms with Gasteiger partial charge in [-0.1, -0.05) is 106 Å². The lowest BCUT2D eigenvalue weighted by Gasteiger charge is -2.37. The van der Waals surface area contributed by atoms with Crippen molar-refractivity contribution in [1.82, 2.24) is 0 Å². The Kier molecular flexibility index (Phi) is 18.3. The molecule has 4 rings (SSSR count). The summed E-state index contributed by atoms with van der Waals surface area (Å²) in [7, 11) is 1.58. The van der Waals surface area contributed by atoms with Crippen LogP contribution in [0.5, 0.6) is 11.5 Å². The highest BCUT2D eigenvalue weighted by Crippen LogP contribution is 2.42. The molecule has 0 aliphatic rings. The summed E-state index contributed by atoms with van der Waals surface area (Å²) < 4.78 is 54.2. The van der Waals surface area contributed by atoms with Gasteiger partial charge < -0.3 is 42.3 Å². The van der Waals surface area contributed by atoms with Gasteiger partial charge in [0.05, 0.1) is 86.9 Å². The first-order valence-corrected chi connectivity index (χ1v) is 22.1. The summed E-state index contributed by atoms with van der Waals surface area (Å²) in [5.74, 6) is 1.52. The van der Waals surface area contributed by atoms with E-state index in [1.165, 1.54) is 0 Å². The molecule has 0 bridgehead atoms. The fourth-order valence-corrected chi connectivity index (χ4v) is 6.73. The van der Waals surface area contributed by atoms with Gasteiger partial charge in [-0.25, -0.2) is 0 Å². The zero-order valence-corrected chi connectivity index (χ0v) is 34.9. The van der Waals surface area contributed by atoms with Crippen LogP contribution >= 0.6 is 0 Å². The predicted octanol–water partition coefficient (Wildman–Crippen LogP) is 8.69. The van der Waals surface area contributed by atoms with Crippen molar-refractivity contribution in [1.29, 1.82) is 0 Å². The number of hydrogen-bond acceptors (Lipinski definition) is 9. The summed E-state index contributed by atoms with van der Waals surface area (Å²) >= 11 is 0. The van der Waals surface area contributed by atoms with Crippen molar-refractivity contribution in [3.8, 4) is 11.5 Å². The van der Waals surface area contributed by atoms with E-state index in [-0.39, 0.29) is 17.7 Å². The maximum Gasteiger partial charge on any atom is 0.192 e. The van der Waals surface area contributed by atoms with Crippen LogP contribution in [0, 0.1) is 0 Å². The lowest BCUT2D eigenvalue weighted by Crippen LogP contribution is -2.41. The molecule has 1 atom stereocenters. The van der Waals surface area contributed by atoms with Crippen molar-refractivity contribution in [3.63, 3.8) is 0 Å². The molecule has 0 N–H and O–H groups in total. The highest BCUT2D eigenvalue weighted by Gasteiger charge is 2.39. The van der Waals surface area contributed by atoms with E-state index in [2.05, 4.69) is 46.0 Å². The molecule has 4 aromatic rings. The molecule has 9 nitrogen and oxygen atoms in total. The first-order chi connectivity index (χ1) is 26.6. The molecular formula is C45H62O9Si. The van der Waals surface area contributed by atoms with E-state index in [1.54, 1.807) is 14.2 Å². The Morgan fingerprint density at radius 1 is 0.509 bits per heavy atom. The minimum absolute atomic E-state index is 0.190. The smallest absolute Gasteiger partial charge is 0.192 e. The molecule has 10 heteroatoms. The standard InChI is InChI=1S/C45H62O9Si/c1-44(2,3)55(6,7)54-33-31-50-29-27-48-26-28-49-30-32-52-43(35-51-34-37-14-10-8-11-15-37)36-53-45(38-16-12-9-13-17-38,39-18-22-41(46-4)23-19-39)40-20-24-42(47-5)25-21-40/h8-25,43H,26-36H2,1-7H3/t43-/m0/s1. The minimum Gasteiger partial charge on any atom is -0.497 e. The molecule has 0 aliphatic carbocycles. The Hall–Kier alpha value is -3.58. The Labute approximate surface area is 330 Å². The maximum absolute atomic E-state index is 7.12. The zero-order valence-electron chi connectivity index (χ0n) is 33.9. The molecular weight excluding hydrogens is 713 g/mol. The molecule has 0 aromatic heterocycles. The Bertz CT molecular complexity index is 1550. The van der Waals surface area contributed by atoms with E-state index < -0.39 is 13.9 Å². The van der Waals surface area contributed by atoms with Gasteiger partial charge in [0.25, 0.3) is 0 Å². The second-order valence-corrected chi connectivity index (χ2v) is 19.6. The highest BCUT2D eigenvalue weighted by molar-refractivity contribution is 6.74. The van der Waals surface area contributed by atoms with Crippen molar-refractivity contribution in [2.75, 3.05) is 80.3 Å². The predicted molar refractivity (Wildman–Crippen MR) is 220 cm³/mol. The van der Waals surface area contributed by atoms with E-state index in [0.717, 1.165) is 33.8 Å². The van der Waals surface area contributed by atoms with Crippen LogP contribution in [-0.4, -0.2) is 94.7 Å². The van der Waals surface area contributed by atoms with E-state index in [0.29, 0.717) is 66.1 Å². The van der Waals surface area contributed by atoms with Crippen molar-refractivity contribution >= 4 is 8.32 Å². The van der Waals surface area contributed by atoms with Gasteiger partial charge in [-0.05, 0) is 64.7 Å². The number of rotatable bonds is 26. The Morgan fingerprint density at radius 3 is 1.45 bits per heavy atom. The molecule has 0 radical (unpaired) electrons. The van der Waals surface area contributed by atoms with Crippen LogP contribution in [0.1, 0.15) is 43.0 Å². The fraction of sp³-hybridized carbons (Fsp3) is 0.467. The molecule has 0 saturated heterocycles. The third-order valence-corrected chi connectivity index (χ3v) is 14.4. The molecule has 300 valence electrons. The van der Waals surface area contributed by atoms with E-state index in [4.69, 9.17) is 42.3 Å². The van der Waals surface area contributed by atoms with Crippen LogP contribution in [0.2, 0.25) is 18.1 Å². The van der Waals surface area contributed by atoms with E-state index >= 15 is 0 Å². The normalized spacial score (nSPS) is 12.8. The second kappa shape index (κ2) is 22.8. The van der Waals surface area contributed by atoms with Gasteiger partial charge in [-0.3, -0.25) is 0 Å². The van der Waals surface area contributed by atoms with Gasteiger partial charge in [0.2, 0.25) is 0 Å². The molecule has 0 aliphatic heterocycles. The quantitative estimate of drug-likeness (QED) is 0.0354. The van der Waals surface area contributed by atoms with Crippen molar-refractivity contribution in [2.24, 2.45) is 0 Å². The lowest BCUT2D eigenvalue weighted by molar-refractivity contribution is -0.103. The number of ether oxygens (including phenoxy) is 8. The van der Waals surface area contributed by atoms with E-state index in [9.17, 15) is 0 Å². The summed E-state index contributed by atoms with van der Waals surface area (Å²) in [6, 6.07) is 36.3. The van der Waals surface area contributed by atoms with Gasteiger partial charge in [0.1, 0.15) is 23.2 Å². The Morgan fingerprint density at radius 2 is 0.964 bits per heavy atom. The van der Waals surface area contributed by atoms with Gasteiger partial charge >= 0.3 is 0 Å². The number of hydrogen-bond donors (Lipinski definition) is 0. The minimum atomic E-state index is -1.75. The summed E-state index contributed by atoms with van der Waals surface area (Å²) in [6.07, 6.45) is -0.388. The third-order valence-electron chi connectivity index (χ3n) is 9.90. The van der Waals surface area contributed by atoms with Gasteiger partial charge in [-0.15, -0.1) is 0 Å². The van der Waals surface area contributed by atoms with Crippen molar-refractivity contribution < 1.29 is 42.3 Å². The summed E-state index contributed by atoms with van der Waals surface area (Å²) in [5, 5.41) is 0.190. The van der Waals surface area contributed by atoms with Crippen LogP contribution in [0.4, 0.5) is 0 Å². The van der Waals surface area contributed by atoms with Crippen LogP contribution in [0.25, 0.3) is 0 Å². The van der Waals surface area contributed by atoms with Crippen LogP contribution in [-0.2, 0) is 45.1 Å². The average Bonchev–Trinajstić information content (AvgIpc) is 3.20. The molecule has 0 saturated carbocycles. The topological polar surface area (TPSA) is 83.1 Å². The SMILES string of the molecule is COc1ccc(C(OC[C@H](COCc2ccccc2)OCCOCCOCCOCCO[Si](C)(C)C(C)(C)C)(c2ccccc2)c2ccc(OC)cc2)cc1. The molecule has 0 fully saturated rings. The second-order valence-electron chi connectivity index (χ2n) is 14.8. The van der Waals surface area contributed by atoms with Gasteiger partial charge in [-0.2, -0.15) is 0 Å². The molecule has 0 spiro atoms. The van der Waals surface area contributed by atoms with Gasteiger partial charge in [0.15, 0.2) is 8.32 Å². The Balaban J connectivity index is 1.35. The fourth-order valence-electron chi connectivity index (χ4n) is 5.71. The summed E-state index contributed by atoms with van der Waals surface area (Å²) in [6.45, 7) is 16.1. The molecule has 4 aromatic carbocycles. The zero-order chi connectivity index (χ0) is 39.4. The lowest BCUT2D eigenvalue weighted by atomic mass is 9.80. The summed E-state index contributed by atoms with van der Waals surface area (Å²) in [4.78, 5) is 0. The largest absolute Gasteiger partial charge is 0.497 e. The number of methoxy groups -OCH3 is 2. The monoisotopic (exact) mass is 774 g/mol. The van der Waals surface area contributed by atoms with E-state index in [1.807, 2.05) is 97.1 Å². The van der Waals surface area contributed by atoms with Gasteiger partial charge in [0, 0.05) is 0 Å². The maximum atomic E-state index is 7.12. The van der Waals surface area contributed by atoms with Crippen molar-refractivity contribution in [2.45, 2.75) is 57.2 Å². The highest BCUT2D eigenvalue weighted by atomic mass is 28.4. The average molecular weight is 775 g/mol. The molecule has 0 heterocycles. The molecule has 0 amide bonds. The molecule has 55 heavy (non-hydrogen) atoms. The third kappa shape index (κ3) is 13.8. The first kappa shape index (κ1) is 44.1. The number of benzene rings is 4. The molecule has 0 unspecified atom stereocenters.